The fourth-order valence-electron chi connectivity index (χ4n) is 3.07. The highest BCUT2D eigenvalue weighted by Crippen LogP contribution is 2.17. The third-order valence-corrected chi connectivity index (χ3v) is 4.89. The number of likely N-dealkylation sites (N-methyl/N-ethyl adjacent to an activating group) is 1. The molecule has 164 valence electrons. The predicted molar refractivity (Wildman–Crippen MR) is 118 cm³/mol. The second-order valence-corrected chi connectivity index (χ2v) is 7.60. The van der Waals surface area contributed by atoms with Crippen molar-refractivity contribution in [3.63, 3.8) is 0 Å². The van der Waals surface area contributed by atoms with E-state index in [2.05, 4.69) is 26.6 Å². The number of aliphatic imine (C=N–C) groups is 1. The van der Waals surface area contributed by atoms with E-state index in [9.17, 15) is 0 Å². The van der Waals surface area contributed by atoms with Gasteiger partial charge in [0.1, 0.15) is 12.4 Å². The van der Waals surface area contributed by atoms with E-state index in [1.165, 1.54) is 0 Å². The van der Waals surface area contributed by atoms with Gasteiger partial charge in [0.05, 0.1) is 0 Å². The molecule has 0 aliphatic carbocycles. The van der Waals surface area contributed by atoms with Crippen molar-refractivity contribution in [1.29, 1.82) is 0 Å². The molecule has 0 saturated carbocycles. The van der Waals surface area contributed by atoms with Gasteiger partial charge in [-0.05, 0) is 45.3 Å². The molecule has 29 heavy (non-hydrogen) atoms. The van der Waals surface area contributed by atoms with E-state index in [0.717, 1.165) is 76.1 Å². The second kappa shape index (κ2) is 14.2. The lowest BCUT2D eigenvalue weighted by Crippen LogP contribution is -2.37. The summed E-state index contributed by atoms with van der Waals surface area (Å²) >= 11 is 0. The summed E-state index contributed by atoms with van der Waals surface area (Å²) in [4.78, 5) is 6.41. The normalized spacial score (nSPS) is 15.5. The zero-order valence-electron chi connectivity index (χ0n) is 18.3. The third kappa shape index (κ3) is 9.96. The zero-order chi connectivity index (χ0) is 20.7. The third-order valence-electron chi connectivity index (χ3n) is 4.89. The molecule has 0 atom stereocenters. The van der Waals surface area contributed by atoms with E-state index >= 15 is 0 Å². The Labute approximate surface area is 175 Å². The average molecular weight is 407 g/mol. The molecule has 0 aromatic heterocycles. The lowest BCUT2D eigenvalue weighted by atomic mass is 10.0. The molecule has 0 amide bonds. The Morgan fingerprint density at radius 1 is 1.17 bits per heavy atom. The molecule has 1 fully saturated rings. The molecule has 0 radical (unpaired) electrons. The van der Waals surface area contributed by atoms with Crippen molar-refractivity contribution in [3.05, 3.63) is 29.8 Å². The molecule has 0 spiro atoms. The molecule has 1 aromatic carbocycles. The predicted octanol–water partition coefficient (Wildman–Crippen LogP) is 2.13. The summed E-state index contributed by atoms with van der Waals surface area (Å²) in [6, 6.07) is 8.12. The maximum absolute atomic E-state index is 5.92. The minimum Gasteiger partial charge on any atom is -0.492 e. The van der Waals surface area contributed by atoms with E-state index in [4.69, 9.17) is 14.2 Å². The van der Waals surface area contributed by atoms with Crippen molar-refractivity contribution < 1.29 is 14.2 Å². The summed E-state index contributed by atoms with van der Waals surface area (Å²) < 4.78 is 17.1. The van der Waals surface area contributed by atoms with Crippen LogP contribution in [0.3, 0.4) is 0 Å². The van der Waals surface area contributed by atoms with Crippen LogP contribution in [0, 0.1) is 5.92 Å². The first-order valence-electron chi connectivity index (χ1n) is 10.6. The standard InChI is InChI=1S/C22H38N4O3/c1-23-22(24-11-6-13-28-18-19-9-14-27-15-10-19)25-17-20-7-4-5-8-21(20)29-16-12-26(2)3/h4-5,7-8,19H,6,9-18H2,1-3H3,(H2,23,24,25). The molecule has 7 heteroatoms. The number of ether oxygens (including phenoxy) is 3. The van der Waals surface area contributed by atoms with Gasteiger partial charge in [-0.1, -0.05) is 18.2 Å². The van der Waals surface area contributed by atoms with E-state index in [1.807, 2.05) is 32.3 Å². The lowest BCUT2D eigenvalue weighted by Gasteiger charge is -2.21. The Morgan fingerprint density at radius 2 is 1.97 bits per heavy atom. The molecule has 1 aliphatic rings. The Kier molecular flexibility index (Phi) is 11.5. The Morgan fingerprint density at radius 3 is 2.72 bits per heavy atom. The van der Waals surface area contributed by atoms with Crippen LogP contribution in [0.5, 0.6) is 5.75 Å². The van der Waals surface area contributed by atoms with Crippen molar-refractivity contribution in [2.45, 2.75) is 25.8 Å². The highest BCUT2D eigenvalue weighted by molar-refractivity contribution is 5.79. The van der Waals surface area contributed by atoms with Crippen molar-refractivity contribution >= 4 is 5.96 Å². The monoisotopic (exact) mass is 406 g/mol. The van der Waals surface area contributed by atoms with Gasteiger partial charge in [0.15, 0.2) is 5.96 Å². The number of rotatable bonds is 12. The van der Waals surface area contributed by atoms with E-state index in [1.54, 1.807) is 7.05 Å². The van der Waals surface area contributed by atoms with Crippen molar-refractivity contribution in [2.75, 3.05) is 67.3 Å². The topological polar surface area (TPSA) is 67.4 Å². The lowest BCUT2D eigenvalue weighted by molar-refractivity contribution is 0.0203. The molecule has 2 rings (SSSR count). The van der Waals surface area contributed by atoms with Crippen molar-refractivity contribution in [2.24, 2.45) is 10.9 Å². The second-order valence-electron chi connectivity index (χ2n) is 7.60. The number of nitrogens with one attached hydrogen (secondary N) is 2. The highest BCUT2D eigenvalue weighted by Gasteiger charge is 2.13. The van der Waals surface area contributed by atoms with Crippen LogP contribution in [0.15, 0.2) is 29.3 Å². The van der Waals surface area contributed by atoms with Gasteiger partial charge >= 0.3 is 0 Å². The fourth-order valence-corrected chi connectivity index (χ4v) is 3.07. The SMILES string of the molecule is CN=C(NCCCOCC1CCOCC1)NCc1ccccc1OCCN(C)C. The Balaban J connectivity index is 1.62. The highest BCUT2D eigenvalue weighted by atomic mass is 16.5. The summed E-state index contributed by atoms with van der Waals surface area (Å²) in [5.74, 6) is 2.36. The van der Waals surface area contributed by atoms with Crippen LogP contribution in [-0.2, 0) is 16.0 Å². The minimum atomic E-state index is 0.658. The largest absolute Gasteiger partial charge is 0.492 e. The number of hydrogen-bond donors (Lipinski definition) is 2. The van der Waals surface area contributed by atoms with E-state index in [-0.39, 0.29) is 0 Å². The van der Waals surface area contributed by atoms with Gasteiger partial charge in [-0.25, -0.2) is 0 Å². The van der Waals surface area contributed by atoms with Crippen molar-refractivity contribution in [1.82, 2.24) is 15.5 Å². The molecule has 0 unspecified atom stereocenters. The maximum Gasteiger partial charge on any atom is 0.191 e. The van der Waals surface area contributed by atoms with Gasteiger partial charge in [-0.3, -0.25) is 4.99 Å². The fraction of sp³-hybridized carbons (Fsp3) is 0.682. The van der Waals surface area contributed by atoms with Crippen LogP contribution >= 0.6 is 0 Å². The van der Waals surface area contributed by atoms with E-state index < -0.39 is 0 Å². The van der Waals surface area contributed by atoms with Crippen LogP contribution in [-0.4, -0.2) is 78.1 Å². The Bertz CT molecular complexity index is 589. The van der Waals surface area contributed by atoms with Crippen LogP contribution in [0.25, 0.3) is 0 Å². The van der Waals surface area contributed by atoms with Gasteiger partial charge in [0.25, 0.3) is 0 Å². The summed E-state index contributed by atoms with van der Waals surface area (Å²) in [6.07, 6.45) is 3.19. The summed E-state index contributed by atoms with van der Waals surface area (Å²) in [7, 11) is 5.88. The first-order chi connectivity index (χ1) is 14.2. The maximum atomic E-state index is 5.92. The van der Waals surface area contributed by atoms with Crippen molar-refractivity contribution in [3.8, 4) is 5.75 Å². The smallest absolute Gasteiger partial charge is 0.191 e. The molecule has 1 aliphatic heterocycles. The first kappa shape index (κ1) is 23.4. The summed E-state index contributed by atoms with van der Waals surface area (Å²) in [5.41, 5.74) is 1.12. The molecule has 0 bridgehead atoms. The Hall–Kier alpha value is -1.83. The van der Waals surface area contributed by atoms with Gasteiger partial charge in [0, 0.05) is 58.7 Å². The summed E-state index contributed by atoms with van der Waals surface area (Å²) in [6.45, 7) is 6.42. The molecule has 1 heterocycles. The summed E-state index contributed by atoms with van der Waals surface area (Å²) in [5, 5.41) is 6.71. The quantitative estimate of drug-likeness (QED) is 0.315. The average Bonchev–Trinajstić information content (AvgIpc) is 2.74. The van der Waals surface area contributed by atoms with Gasteiger partial charge in [-0.15, -0.1) is 0 Å². The van der Waals surface area contributed by atoms with E-state index in [0.29, 0.717) is 19.1 Å². The molecular formula is C22H38N4O3. The minimum absolute atomic E-state index is 0.658. The molecule has 1 saturated heterocycles. The number of para-hydroxylation sites is 1. The molecule has 7 nitrogen and oxygen atoms in total. The molecule has 1 aromatic rings. The number of guanidine groups is 1. The first-order valence-corrected chi connectivity index (χ1v) is 10.6. The number of nitrogens with zero attached hydrogens (tertiary/aromatic N) is 2. The number of hydrogen-bond acceptors (Lipinski definition) is 5. The molecular weight excluding hydrogens is 368 g/mol. The van der Waals surface area contributed by atoms with Crippen LogP contribution in [0.2, 0.25) is 0 Å². The van der Waals surface area contributed by atoms with Gasteiger partial charge < -0.3 is 29.7 Å². The molecule has 2 N–H and O–H groups in total. The van der Waals surface area contributed by atoms with Crippen LogP contribution in [0.4, 0.5) is 0 Å². The zero-order valence-corrected chi connectivity index (χ0v) is 18.3. The van der Waals surface area contributed by atoms with Gasteiger partial charge in [0.2, 0.25) is 0 Å². The number of benzene rings is 1. The van der Waals surface area contributed by atoms with Crippen LogP contribution in [0.1, 0.15) is 24.8 Å². The van der Waals surface area contributed by atoms with Crippen LogP contribution < -0.4 is 15.4 Å². The van der Waals surface area contributed by atoms with Gasteiger partial charge in [-0.2, -0.15) is 0 Å².